The van der Waals surface area contributed by atoms with Gasteiger partial charge in [-0.15, -0.1) is 11.3 Å². The van der Waals surface area contributed by atoms with Gasteiger partial charge in [-0.05, 0) is 18.6 Å². The van der Waals surface area contributed by atoms with E-state index in [1.54, 1.807) is 18.5 Å². The van der Waals surface area contributed by atoms with Crippen molar-refractivity contribution in [3.05, 3.63) is 51.7 Å². The highest BCUT2D eigenvalue weighted by molar-refractivity contribution is 7.89. The number of thiophene rings is 1. The molecule has 6 heteroatoms. The quantitative estimate of drug-likeness (QED) is 0.922. The Morgan fingerprint density at radius 2 is 2.05 bits per heavy atom. The third kappa shape index (κ3) is 3.27. The predicted molar refractivity (Wildman–Crippen MR) is 82.0 cm³/mol. The Balaban J connectivity index is 2.21. The Morgan fingerprint density at radius 1 is 1.30 bits per heavy atom. The van der Waals surface area contributed by atoms with E-state index in [9.17, 15) is 8.42 Å². The number of nitrogens with zero attached hydrogens (tertiary/aromatic N) is 1. The van der Waals surface area contributed by atoms with Crippen molar-refractivity contribution in [2.75, 3.05) is 7.05 Å². The Bertz CT molecular complexity index is 693. The predicted octanol–water partition coefficient (Wildman–Crippen LogP) is 2.34. The summed E-state index contributed by atoms with van der Waals surface area (Å²) in [6, 6.07) is 9.49. The molecule has 0 spiro atoms. The fourth-order valence-corrected chi connectivity index (χ4v) is 4.24. The maximum atomic E-state index is 12.4. The number of sulfonamides is 1. The summed E-state index contributed by atoms with van der Waals surface area (Å²) in [7, 11) is -1.86. The molecule has 0 aliphatic heterocycles. The lowest BCUT2D eigenvalue weighted by atomic mass is 10.1. The van der Waals surface area contributed by atoms with Crippen LogP contribution in [0.3, 0.4) is 0 Å². The van der Waals surface area contributed by atoms with Crippen LogP contribution in [0.2, 0.25) is 0 Å². The van der Waals surface area contributed by atoms with E-state index in [4.69, 9.17) is 5.73 Å². The molecule has 0 aliphatic rings. The van der Waals surface area contributed by atoms with Crippen molar-refractivity contribution in [2.45, 2.75) is 24.9 Å². The fourth-order valence-electron chi connectivity index (χ4n) is 1.94. The summed E-state index contributed by atoms with van der Waals surface area (Å²) in [6.07, 6.45) is 0. The van der Waals surface area contributed by atoms with Crippen molar-refractivity contribution in [2.24, 2.45) is 5.73 Å². The van der Waals surface area contributed by atoms with Gasteiger partial charge in [-0.25, -0.2) is 8.42 Å². The van der Waals surface area contributed by atoms with Gasteiger partial charge in [0.1, 0.15) is 0 Å². The number of benzene rings is 1. The van der Waals surface area contributed by atoms with E-state index in [1.807, 2.05) is 31.2 Å². The van der Waals surface area contributed by atoms with E-state index in [1.165, 1.54) is 15.6 Å². The van der Waals surface area contributed by atoms with Crippen molar-refractivity contribution in [3.63, 3.8) is 0 Å². The number of nitrogens with two attached hydrogens (primary N) is 1. The van der Waals surface area contributed by atoms with E-state index >= 15 is 0 Å². The lowest BCUT2D eigenvalue weighted by Gasteiger charge is -2.16. The first-order valence-electron chi connectivity index (χ1n) is 6.23. The Kier molecular flexibility index (Phi) is 4.59. The van der Waals surface area contributed by atoms with Crippen LogP contribution in [0.5, 0.6) is 0 Å². The van der Waals surface area contributed by atoms with E-state index in [0.717, 1.165) is 16.0 Å². The van der Waals surface area contributed by atoms with Gasteiger partial charge in [0.25, 0.3) is 0 Å². The largest absolute Gasteiger partial charge is 0.326 e. The van der Waals surface area contributed by atoms with Crippen molar-refractivity contribution in [3.8, 4) is 0 Å². The van der Waals surface area contributed by atoms with Crippen LogP contribution in [0.1, 0.15) is 16.0 Å². The molecule has 4 nitrogen and oxygen atoms in total. The number of hydrogen-bond donors (Lipinski definition) is 1. The van der Waals surface area contributed by atoms with Crippen molar-refractivity contribution < 1.29 is 8.42 Å². The molecule has 20 heavy (non-hydrogen) atoms. The number of rotatable bonds is 5. The summed E-state index contributed by atoms with van der Waals surface area (Å²) in [4.78, 5) is 1.19. The van der Waals surface area contributed by atoms with Gasteiger partial charge in [0.15, 0.2) is 0 Å². The van der Waals surface area contributed by atoms with Gasteiger partial charge in [-0.1, -0.05) is 29.8 Å². The Hall–Kier alpha value is -1.21. The molecule has 1 aromatic carbocycles. The van der Waals surface area contributed by atoms with Crippen LogP contribution in [0.15, 0.2) is 40.6 Å². The van der Waals surface area contributed by atoms with Crippen LogP contribution in [0.4, 0.5) is 0 Å². The summed E-state index contributed by atoms with van der Waals surface area (Å²) in [5, 5.41) is 1.64. The van der Waals surface area contributed by atoms with Crippen LogP contribution < -0.4 is 5.73 Å². The smallest absolute Gasteiger partial charge is 0.243 e. The average Bonchev–Trinajstić information content (AvgIpc) is 2.88. The first-order valence-corrected chi connectivity index (χ1v) is 8.55. The van der Waals surface area contributed by atoms with Gasteiger partial charge < -0.3 is 5.73 Å². The van der Waals surface area contributed by atoms with Crippen LogP contribution in [0.25, 0.3) is 0 Å². The highest BCUT2D eigenvalue weighted by Gasteiger charge is 2.22. The second kappa shape index (κ2) is 6.05. The first-order chi connectivity index (χ1) is 9.43. The van der Waals surface area contributed by atoms with E-state index in [2.05, 4.69) is 0 Å². The summed E-state index contributed by atoms with van der Waals surface area (Å²) < 4.78 is 26.3. The highest BCUT2D eigenvalue weighted by atomic mass is 32.2. The molecule has 2 rings (SSSR count). The molecule has 2 N–H and O–H groups in total. The monoisotopic (exact) mass is 310 g/mol. The lowest BCUT2D eigenvalue weighted by Crippen LogP contribution is -2.26. The van der Waals surface area contributed by atoms with Crippen molar-refractivity contribution in [1.29, 1.82) is 0 Å². The summed E-state index contributed by atoms with van der Waals surface area (Å²) in [5.41, 5.74) is 7.62. The highest BCUT2D eigenvalue weighted by Crippen LogP contribution is 2.22. The zero-order chi connectivity index (χ0) is 14.8. The van der Waals surface area contributed by atoms with Crippen LogP contribution in [-0.2, 0) is 23.1 Å². The summed E-state index contributed by atoms with van der Waals surface area (Å²) in [5.74, 6) is 0. The topological polar surface area (TPSA) is 63.4 Å². The van der Waals surface area contributed by atoms with Crippen molar-refractivity contribution in [1.82, 2.24) is 4.31 Å². The minimum Gasteiger partial charge on any atom is -0.326 e. The maximum absolute atomic E-state index is 12.4. The Labute approximate surface area is 123 Å². The third-order valence-corrected chi connectivity index (χ3v) is 5.92. The van der Waals surface area contributed by atoms with Crippen LogP contribution in [-0.4, -0.2) is 19.8 Å². The molecule has 108 valence electrons. The molecule has 0 radical (unpaired) electrons. The van der Waals surface area contributed by atoms with E-state index in [-0.39, 0.29) is 0 Å². The summed E-state index contributed by atoms with van der Waals surface area (Å²) in [6.45, 7) is 2.71. The standard InChI is InChI=1S/C14H18N2O2S2/c1-11-4-3-5-12(6-11)9-16(2)20(17,18)14-7-13(8-15)19-10-14/h3-7,10H,8-9,15H2,1-2H3. The van der Waals surface area contributed by atoms with Crippen LogP contribution in [0, 0.1) is 6.92 Å². The van der Waals surface area contributed by atoms with Crippen LogP contribution >= 0.6 is 11.3 Å². The SMILES string of the molecule is Cc1cccc(CN(C)S(=O)(=O)c2csc(CN)c2)c1. The molecule has 0 amide bonds. The normalized spacial score (nSPS) is 12.0. The van der Waals surface area contributed by atoms with Gasteiger partial charge in [0.2, 0.25) is 10.0 Å². The first kappa shape index (κ1) is 15.2. The summed E-state index contributed by atoms with van der Waals surface area (Å²) >= 11 is 1.37. The van der Waals surface area contributed by atoms with Crippen molar-refractivity contribution >= 4 is 21.4 Å². The molecule has 0 fully saturated rings. The molecule has 0 saturated heterocycles. The van der Waals surface area contributed by atoms with Gasteiger partial charge in [0, 0.05) is 30.4 Å². The molecular formula is C14H18N2O2S2. The average molecular weight is 310 g/mol. The number of aryl methyl sites for hydroxylation is 1. The molecule has 1 heterocycles. The second-order valence-electron chi connectivity index (χ2n) is 4.70. The molecule has 0 saturated carbocycles. The minimum atomic E-state index is -3.45. The molecule has 1 aromatic heterocycles. The molecule has 0 unspecified atom stereocenters. The Morgan fingerprint density at radius 3 is 2.65 bits per heavy atom. The second-order valence-corrected chi connectivity index (χ2v) is 7.74. The molecular weight excluding hydrogens is 292 g/mol. The third-order valence-electron chi connectivity index (χ3n) is 3.03. The zero-order valence-corrected chi connectivity index (χ0v) is 13.2. The van der Waals surface area contributed by atoms with E-state index in [0.29, 0.717) is 18.0 Å². The number of hydrogen-bond acceptors (Lipinski definition) is 4. The minimum absolute atomic E-state index is 0.318. The van der Waals surface area contributed by atoms with Gasteiger partial charge in [-0.3, -0.25) is 0 Å². The molecule has 0 bridgehead atoms. The van der Waals surface area contributed by atoms with Gasteiger partial charge in [0.05, 0.1) is 4.90 Å². The van der Waals surface area contributed by atoms with Gasteiger partial charge >= 0.3 is 0 Å². The maximum Gasteiger partial charge on any atom is 0.243 e. The lowest BCUT2D eigenvalue weighted by molar-refractivity contribution is 0.467. The molecule has 0 atom stereocenters. The van der Waals surface area contributed by atoms with E-state index < -0.39 is 10.0 Å². The van der Waals surface area contributed by atoms with Gasteiger partial charge in [-0.2, -0.15) is 4.31 Å². The zero-order valence-electron chi connectivity index (χ0n) is 11.5. The fraction of sp³-hybridized carbons (Fsp3) is 0.286. The molecule has 0 aliphatic carbocycles. The molecule has 2 aromatic rings.